The first-order valence-electron chi connectivity index (χ1n) is 4.13. The summed E-state index contributed by atoms with van der Waals surface area (Å²) in [5.74, 6) is 0.249. The van der Waals surface area contributed by atoms with Gasteiger partial charge in [0.25, 0.3) is 0 Å². The van der Waals surface area contributed by atoms with Gasteiger partial charge in [0.1, 0.15) is 0 Å². The van der Waals surface area contributed by atoms with Crippen molar-refractivity contribution in [2.45, 2.75) is 43.1 Å². The topological polar surface area (TPSA) is 20.3 Å². The Kier molecular flexibility index (Phi) is 1.71. The minimum Gasteiger partial charge on any atom is -0.336 e. The summed E-state index contributed by atoms with van der Waals surface area (Å²) in [5.41, 5.74) is 0. The van der Waals surface area contributed by atoms with Gasteiger partial charge in [0.2, 0.25) is 5.91 Å². The Morgan fingerprint density at radius 3 is 2.55 bits per heavy atom. The maximum atomic E-state index is 11.2. The van der Waals surface area contributed by atoms with Gasteiger partial charge in [-0.25, -0.2) is 0 Å². The summed E-state index contributed by atoms with van der Waals surface area (Å²) in [6.45, 7) is 1.68. The lowest BCUT2D eigenvalue weighted by Crippen LogP contribution is -2.34. The van der Waals surface area contributed by atoms with Crippen molar-refractivity contribution in [3.8, 4) is 0 Å². The molecule has 0 aromatic carbocycles. The highest BCUT2D eigenvalue weighted by Crippen LogP contribution is 2.40. The number of nitrogens with zero attached hydrogens (tertiary/aromatic N) is 1. The molecule has 2 heterocycles. The lowest BCUT2D eigenvalue weighted by atomic mass is 10.0. The molecule has 0 radical (unpaired) electrons. The minimum absolute atomic E-state index is 0.249. The first kappa shape index (κ1) is 7.59. The van der Waals surface area contributed by atoms with Gasteiger partial charge < -0.3 is 4.90 Å². The summed E-state index contributed by atoms with van der Waals surface area (Å²) in [6, 6.07) is 1.04. The van der Waals surface area contributed by atoms with Gasteiger partial charge >= 0.3 is 0 Å². The van der Waals surface area contributed by atoms with Crippen LogP contribution in [0.25, 0.3) is 0 Å². The van der Waals surface area contributed by atoms with Crippen molar-refractivity contribution in [1.82, 2.24) is 4.90 Å². The predicted octanol–water partition coefficient (Wildman–Crippen LogP) is 1.53. The molecule has 62 valence electrons. The van der Waals surface area contributed by atoms with E-state index < -0.39 is 0 Å². The van der Waals surface area contributed by atoms with Crippen LogP contribution in [0.2, 0.25) is 0 Å². The van der Waals surface area contributed by atoms with Crippen molar-refractivity contribution < 1.29 is 4.79 Å². The van der Waals surface area contributed by atoms with Crippen LogP contribution in [0.4, 0.5) is 0 Å². The molecule has 3 unspecified atom stereocenters. The number of alkyl halides is 1. The Hall–Kier alpha value is -0.0500. The summed E-state index contributed by atoms with van der Waals surface area (Å²) in [4.78, 5) is 13.8. The molecule has 0 aromatic heterocycles. The van der Waals surface area contributed by atoms with Crippen LogP contribution in [0, 0.1) is 0 Å². The number of rotatable bonds is 0. The van der Waals surface area contributed by atoms with Crippen molar-refractivity contribution >= 4 is 21.8 Å². The molecule has 3 atom stereocenters. The van der Waals surface area contributed by atoms with Crippen LogP contribution in [0.1, 0.15) is 26.2 Å². The molecular weight excluding hydrogens is 206 g/mol. The Bertz CT molecular complexity index is 195. The fraction of sp³-hybridized carbons (Fsp3) is 0.875. The third-order valence-electron chi connectivity index (χ3n) is 2.82. The molecule has 11 heavy (non-hydrogen) atoms. The third-order valence-corrected chi connectivity index (χ3v) is 3.81. The Balaban J connectivity index is 2.19. The second-order valence-electron chi connectivity index (χ2n) is 3.48. The molecule has 0 saturated carbocycles. The van der Waals surface area contributed by atoms with E-state index in [4.69, 9.17) is 0 Å². The van der Waals surface area contributed by atoms with Crippen LogP contribution in [0.5, 0.6) is 0 Å². The molecule has 2 rings (SSSR count). The summed E-state index contributed by atoms with van der Waals surface area (Å²) < 4.78 is 0. The average Bonchev–Trinajstić information content (AvgIpc) is 2.41. The van der Waals surface area contributed by atoms with Gasteiger partial charge in [0.05, 0.1) is 0 Å². The Morgan fingerprint density at radius 2 is 2.27 bits per heavy atom. The van der Waals surface area contributed by atoms with Crippen molar-refractivity contribution in [1.29, 1.82) is 0 Å². The van der Waals surface area contributed by atoms with Gasteiger partial charge in [-0.15, -0.1) is 0 Å². The minimum atomic E-state index is 0.249. The molecule has 0 aromatic rings. The number of fused-ring (bicyclic) bond motifs is 2. The van der Waals surface area contributed by atoms with Gasteiger partial charge in [-0.2, -0.15) is 0 Å². The molecule has 2 saturated heterocycles. The number of amides is 1. The van der Waals surface area contributed by atoms with E-state index >= 15 is 0 Å². The highest BCUT2D eigenvalue weighted by atomic mass is 79.9. The standard InChI is InChI=1S/C8H12BrNO/c1-5(11)10-6-2-3-8(10)7(9)4-6/h6-8H,2-4H2,1H3. The SMILES string of the molecule is CC(=O)N1C2CCC1C(Br)C2. The maximum absolute atomic E-state index is 11.2. The normalized spacial score (nSPS) is 41.6. The second kappa shape index (κ2) is 2.47. The molecule has 2 nitrogen and oxygen atoms in total. The van der Waals surface area contributed by atoms with Gasteiger partial charge in [-0.1, -0.05) is 15.9 Å². The summed E-state index contributed by atoms with van der Waals surface area (Å²) in [6.07, 6.45) is 3.57. The fourth-order valence-corrected chi connectivity index (χ4v) is 3.36. The molecule has 3 heteroatoms. The molecule has 2 fully saturated rings. The van der Waals surface area contributed by atoms with Gasteiger partial charge in [-0.05, 0) is 19.3 Å². The van der Waals surface area contributed by atoms with Crippen LogP contribution >= 0.6 is 15.9 Å². The zero-order valence-electron chi connectivity index (χ0n) is 6.59. The summed E-state index contributed by atoms with van der Waals surface area (Å²) >= 11 is 3.61. The second-order valence-corrected chi connectivity index (χ2v) is 4.65. The van der Waals surface area contributed by atoms with Crippen LogP contribution in [0.3, 0.4) is 0 Å². The van der Waals surface area contributed by atoms with Gasteiger partial charge in [0, 0.05) is 23.8 Å². The smallest absolute Gasteiger partial charge is 0.219 e. The monoisotopic (exact) mass is 217 g/mol. The molecule has 2 aliphatic rings. The number of halogens is 1. The van der Waals surface area contributed by atoms with Crippen molar-refractivity contribution in [3.63, 3.8) is 0 Å². The first-order chi connectivity index (χ1) is 5.20. The summed E-state index contributed by atoms with van der Waals surface area (Å²) in [5, 5.41) is 0. The van der Waals surface area contributed by atoms with Gasteiger partial charge in [0.15, 0.2) is 0 Å². The van der Waals surface area contributed by atoms with E-state index in [1.807, 2.05) is 0 Å². The fourth-order valence-electron chi connectivity index (χ4n) is 2.41. The lowest BCUT2D eigenvalue weighted by molar-refractivity contribution is -0.129. The van der Waals surface area contributed by atoms with E-state index in [2.05, 4.69) is 20.8 Å². The number of hydrogen-bond acceptors (Lipinski definition) is 1. The number of carbonyl (C=O) groups is 1. The molecule has 0 N–H and O–H groups in total. The highest BCUT2D eigenvalue weighted by Gasteiger charge is 2.46. The Labute approximate surface area is 75.1 Å². The Morgan fingerprint density at radius 1 is 1.55 bits per heavy atom. The van der Waals surface area contributed by atoms with Crippen LogP contribution in [-0.2, 0) is 4.79 Å². The molecule has 0 aliphatic carbocycles. The maximum Gasteiger partial charge on any atom is 0.219 e. The summed E-state index contributed by atoms with van der Waals surface area (Å²) in [7, 11) is 0. The molecule has 2 aliphatic heterocycles. The third kappa shape index (κ3) is 1.01. The van der Waals surface area contributed by atoms with E-state index in [0.717, 1.165) is 6.42 Å². The lowest BCUT2D eigenvalue weighted by Gasteiger charge is -2.20. The molecule has 1 amide bonds. The zero-order chi connectivity index (χ0) is 8.01. The average molecular weight is 218 g/mol. The highest BCUT2D eigenvalue weighted by molar-refractivity contribution is 9.09. The van der Waals surface area contributed by atoms with Crippen LogP contribution in [-0.4, -0.2) is 27.7 Å². The number of carbonyl (C=O) groups excluding carboxylic acids is 1. The van der Waals surface area contributed by atoms with Crippen molar-refractivity contribution in [2.24, 2.45) is 0 Å². The van der Waals surface area contributed by atoms with Crippen molar-refractivity contribution in [2.75, 3.05) is 0 Å². The largest absolute Gasteiger partial charge is 0.336 e. The molecular formula is C8H12BrNO. The van der Waals surface area contributed by atoms with Crippen molar-refractivity contribution in [3.05, 3.63) is 0 Å². The van der Waals surface area contributed by atoms with Crippen LogP contribution < -0.4 is 0 Å². The first-order valence-corrected chi connectivity index (χ1v) is 5.04. The van der Waals surface area contributed by atoms with E-state index in [1.165, 1.54) is 12.8 Å². The quantitative estimate of drug-likeness (QED) is 0.564. The molecule has 2 bridgehead atoms. The van der Waals surface area contributed by atoms with E-state index in [9.17, 15) is 4.79 Å². The predicted molar refractivity (Wildman–Crippen MR) is 46.7 cm³/mol. The van der Waals surface area contributed by atoms with E-state index in [1.54, 1.807) is 6.92 Å². The van der Waals surface area contributed by atoms with E-state index in [-0.39, 0.29) is 5.91 Å². The molecule has 0 spiro atoms. The van der Waals surface area contributed by atoms with Gasteiger partial charge in [-0.3, -0.25) is 4.79 Å². The number of hydrogen-bond donors (Lipinski definition) is 0. The van der Waals surface area contributed by atoms with Crippen LogP contribution in [0.15, 0.2) is 0 Å². The van der Waals surface area contributed by atoms with E-state index in [0.29, 0.717) is 16.9 Å². The zero-order valence-corrected chi connectivity index (χ0v) is 8.17.